The van der Waals surface area contributed by atoms with E-state index >= 15 is 0 Å². The number of aryl methyl sites for hydroxylation is 2. The SMILES string of the molecule is CCNC(c1ccc(C2CCC2)cc1)c1cn(C)nc1C. The van der Waals surface area contributed by atoms with Crippen molar-refractivity contribution in [3.63, 3.8) is 0 Å². The predicted molar refractivity (Wildman–Crippen MR) is 86.5 cm³/mol. The van der Waals surface area contributed by atoms with Crippen LogP contribution in [0.15, 0.2) is 30.5 Å². The molecule has 1 saturated carbocycles. The van der Waals surface area contributed by atoms with Crippen LogP contribution in [0.4, 0.5) is 0 Å². The van der Waals surface area contributed by atoms with Gasteiger partial charge in [-0.25, -0.2) is 0 Å². The Morgan fingerprint density at radius 2 is 2.00 bits per heavy atom. The van der Waals surface area contributed by atoms with Gasteiger partial charge in [0.25, 0.3) is 0 Å². The first kappa shape index (κ1) is 14.3. The van der Waals surface area contributed by atoms with E-state index in [2.05, 4.69) is 54.7 Å². The molecule has 0 aliphatic heterocycles. The van der Waals surface area contributed by atoms with Crippen LogP contribution in [0.3, 0.4) is 0 Å². The van der Waals surface area contributed by atoms with E-state index in [1.54, 1.807) is 0 Å². The molecule has 3 heteroatoms. The van der Waals surface area contributed by atoms with Gasteiger partial charge in [0.15, 0.2) is 0 Å². The van der Waals surface area contributed by atoms with Gasteiger partial charge in [-0.05, 0) is 43.4 Å². The van der Waals surface area contributed by atoms with Crippen LogP contribution >= 0.6 is 0 Å². The Morgan fingerprint density at radius 3 is 2.48 bits per heavy atom. The van der Waals surface area contributed by atoms with Crippen LogP contribution in [0, 0.1) is 6.92 Å². The van der Waals surface area contributed by atoms with Gasteiger partial charge in [0.1, 0.15) is 0 Å². The summed E-state index contributed by atoms with van der Waals surface area (Å²) in [5, 5.41) is 8.08. The molecule has 1 aliphatic carbocycles. The predicted octanol–water partition coefficient (Wildman–Crippen LogP) is 3.69. The molecule has 112 valence electrons. The van der Waals surface area contributed by atoms with Crippen LogP contribution in [-0.2, 0) is 7.05 Å². The summed E-state index contributed by atoms with van der Waals surface area (Å²) in [6, 6.07) is 9.43. The fraction of sp³-hybridized carbons (Fsp3) is 0.500. The molecule has 1 atom stereocenters. The van der Waals surface area contributed by atoms with Crippen LogP contribution in [0.25, 0.3) is 0 Å². The lowest BCUT2D eigenvalue weighted by Crippen LogP contribution is -2.22. The van der Waals surface area contributed by atoms with E-state index in [1.807, 2.05) is 11.7 Å². The van der Waals surface area contributed by atoms with Crippen molar-refractivity contribution in [1.29, 1.82) is 0 Å². The van der Waals surface area contributed by atoms with E-state index < -0.39 is 0 Å². The van der Waals surface area contributed by atoms with E-state index in [1.165, 1.54) is 36.0 Å². The molecule has 0 spiro atoms. The summed E-state index contributed by atoms with van der Waals surface area (Å²) in [6.07, 6.45) is 6.24. The van der Waals surface area contributed by atoms with E-state index in [0.717, 1.165) is 18.2 Å². The third kappa shape index (κ3) is 2.88. The van der Waals surface area contributed by atoms with Crippen molar-refractivity contribution in [2.45, 2.75) is 45.1 Å². The molecule has 0 saturated heterocycles. The Labute approximate surface area is 127 Å². The van der Waals surface area contributed by atoms with Crippen LogP contribution < -0.4 is 5.32 Å². The summed E-state index contributed by atoms with van der Waals surface area (Å²) in [5.74, 6) is 0.803. The van der Waals surface area contributed by atoms with Crippen molar-refractivity contribution in [3.05, 3.63) is 52.8 Å². The zero-order valence-corrected chi connectivity index (χ0v) is 13.3. The Kier molecular flexibility index (Phi) is 4.11. The first-order valence-electron chi connectivity index (χ1n) is 8.02. The molecule has 0 radical (unpaired) electrons. The second kappa shape index (κ2) is 6.02. The Balaban J connectivity index is 1.87. The maximum atomic E-state index is 4.48. The molecule has 3 rings (SSSR count). The van der Waals surface area contributed by atoms with Crippen LogP contribution in [0.5, 0.6) is 0 Å². The minimum atomic E-state index is 0.235. The lowest BCUT2D eigenvalue weighted by molar-refractivity contribution is 0.419. The summed E-state index contributed by atoms with van der Waals surface area (Å²) in [5.41, 5.74) is 5.21. The van der Waals surface area contributed by atoms with Gasteiger partial charge in [-0.2, -0.15) is 5.10 Å². The molecule has 2 aromatic rings. The van der Waals surface area contributed by atoms with Gasteiger partial charge in [0.2, 0.25) is 0 Å². The monoisotopic (exact) mass is 283 g/mol. The van der Waals surface area contributed by atoms with Crippen LogP contribution in [-0.4, -0.2) is 16.3 Å². The highest BCUT2D eigenvalue weighted by molar-refractivity contribution is 5.35. The van der Waals surface area contributed by atoms with Crippen molar-refractivity contribution in [1.82, 2.24) is 15.1 Å². The zero-order valence-electron chi connectivity index (χ0n) is 13.3. The first-order valence-corrected chi connectivity index (χ1v) is 8.02. The molecule has 1 aromatic carbocycles. The summed E-state index contributed by atoms with van der Waals surface area (Å²) in [7, 11) is 1.99. The van der Waals surface area contributed by atoms with E-state index in [-0.39, 0.29) is 6.04 Å². The van der Waals surface area contributed by atoms with E-state index in [4.69, 9.17) is 0 Å². The molecular weight excluding hydrogens is 258 g/mol. The van der Waals surface area contributed by atoms with E-state index in [9.17, 15) is 0 Å². The van der Waals surface area contributed by atoms with Gasteiger partial charge in [-0.3, -0.25) is 4.68 Å². The number of hydrogen-bond donors (Lipinski definition) is 1. The maximum Gasteiger partial charge on any atom is 0.0644 e. The molecular formula is C18H25N3. The van der Waals surface area contributed by atoms with Gasteiger partial charge >= 0.3 is 0 Å². The van der Waals surface area contributed by atoms with Gasteiger partial charge in [0.05, 0.1) is 11.7 Å². The number of hydrogen-bond acceptors (Lipinski definition) is 2. The Morgan fingerprint density at radius 1 is 1.29 bits per heavy atom. The van der Waals surface area contributed by atoms with Crippen molar-refractivity contribution >= 4 is 0 Å². The second-order valence-electron chi connectivity index (χ2n) is 6.13. The van der Waals surface area contributed by atoms with Gasteiger partial charge in [0, 0.05) is 18.8 Å². The molecule has 1 unspecified atom stereocenters. The molecule has 1 N–H and O–H groups in total. The summed E-state index contributed by atoms with van der Waals surface area (Å²) < 4.78 is 1.90. The average Bonchev–Trinajstić information content (AvgIpc) is 2.74. The topological polar surface area (TPSA) is 29.9 Å². The first-order chi connectivity index (χ1) is 10.2. The molecule has 0 amide bonds. The number of aromatic nitrogens is 2. The highest BCUT2D eigenvalue weighted by atomic mass is 15.3. The fourth-order valence-corrected chi connectivity index (χ4v) is 3.22. The van der Waals surface area contributed by atoms with Gasteiger partial charge in [-0.1, -0.05) is 37.6 Å². The number of benzene rings is 1. The lowest BCUT2D eigenvalue weighted by atomic mass is 9.79. The molecule has 1 aliphatic rings. The molecule has 21 heavy (non-hydrogen) atoms. The van der Waals surface area contributed by atoms with Crippen molar-refractivity contribution < 1.29 is 0 Å². The summed E-state index contributed by atoms with van der Waals surface area (Å²) in [6.45, 7) is 5.19. The van der Waals surface area contributed by atoms with Gasteiger partial charge in [-0.15, -0.1) is 0 Å². The molecule has 0 bridgehead atoms. The van der Waals surface area contributed by atoms with Crippen molar-refractivity contribution in [2.75, 3.05) is 6.54 Å². The quantitative estimate of drug-likeness (QED) is 0.907. The normalized spacial score (nSPS) is 16.7. The highest BCUT2D eigenvalue weighted by Crippen LogP contribution is 2.37. The number of rotatable bonds is 5. The zero-order chi connectivity index (χ0) is 14.8. The second-order valence-corrected chi connectivity index (χ2v) is 6.13. The average molecular weight is 283 g/mol. The molecule has 3 nitrogen and oxygen atoms in total. The van der Waals surface area contributed by atoms with Crippen LogP contribution in [0.2, 0.25) is 0 Å². The van der Waals surface area contributed by atoms with E-state index in [0.29, 0.717) is 0 Å². The minimum Gasteiger partial charge on any atom is -0.306 e. The molecule has 1 aromatic heterocycles. The fourth-order valence-electron chi connectivity index (χ4n) is 3.22. The Bertz CT molecular complexity index is 593. The number of nitrogens with zero attached hydrogens (tertiary/aromatic N) is 2. The minimum absolute atomic E-state index is 0.235. The summed E-state index contributed by atoms with van der Waals surface area (Å²) >= 11 is 0. The van der Waals surface area contributed by atoms with Crippen molar-refractivity contribution in [3.8, 4) is 0 Å². The van der Waals surface area contributed by atoms with Gasteiger partial charge < -0.3 is 5.32 Å². The van der Waals surface area contributed by atoms with Crippen LogP contribution in [0.1, 0.15) is 60.5 Å². The lowest BCUT2D eigenvalue weighted by Gasteiger charge is -2.26. The third-order valence-electron chi connectivity index (χ3n) is 4.62. The molecule has 1 heterocycles. The largest absolute Gasteiger partial charge is 0.306 e. The smallest absolute Gasteiger partial charge is 0.0644 e. The third-order valence-corrected chi connectivity index (χ3v) is 4.62. The van der Waals surface area contributed by atoms with Crippen molar-refractivity contribution in [2.24, 2.45) is 7.05 Å². The molecule has 1 fully saturated rings. The number of nitrogens with one attached hydrogen (secondary N) is 1. The highest BCUT2D eigenvalue weighted by Gasteiger charge is 2.21. The maximum absolute atomic E-state index is 4.48. The summed E-state index contributed by atoms with van der Waals surface area (Å²) in [4.78, 5) is 0. The Hall–Kier alpha value is -1.61. The standard InChI is InChI=1S/C18H25N3/c1-4-19-18(17-12-21(3)20-13(17)2)16-10-8-15(9-11-16)14-6-5-7-14/h8-12,14,18-19H,4-7H2,1-3H3.